The number of hydrogen-bond donors (Lipinski definition) is 1. The molecule has 0 amide bonds. The molecular formula is C16H26N2O. The average Bonchev–Trinajstić information content (AvgIpc) is 2.75. The Morgan fingerprint density at radius 2 is 2.00 bits per heavy atom. The van der Waals surface area contributed by atoms with Gasteiger partial charge in [0.25, 0.3) is 0 Å². The van der Waals surface area contributed by atoms with Gasteiger partial charge in [0.2, 0.25) is 0 Å². The first-order chi connectivity index (χ1) is 9.04. The van der Waals surface area contributed by atoms with Gasteiger partial charge in [-0.05, 0) is 32.5 Å². The zero-order valence-electron chi connectivity index (χ0n) is 12.5. The molecule has 1 N–H and O–H groups in total. The van der Waals surface area contributed by atoms with E-state index >= 15 is 0 Å². The van der Waals surface area contributed by atoms with Gasteiger partial charge in [-0.25, -0.2) is 0 Å². The molecule has 0 aliphatic carbocycles. The molecule has 19 heavy (non-hydrogen) atoms. The fourth-order valence-electron chi connectivity index (χ4n) is 3.36. The van der Waals surface area contributed by atoms with E-state index in [4.69, 9.17) is 0 Å². The number of benzene rings is 1. The summed E-state index contributed by atoms with van der Waals surface area (Å²) in [7, 11) is 4.32. The number of aromatic hydroxyl groups is 1. The van der Waals surface area contributed by atoms with Crippen LogP contribution in [0.3, 0.4) is 0 Å². The first-order valence-corrected chi connectivity index (χ1v) is 7.23. The van der Waals surface area contributed by atoms with Gasteiger partial charge < -0.3 is 10.0 Å². The Balaban J connectivity index is 2.18. The molecule has 3 nitrogen and oxygen atoms in total. The Morgan fingerprint density at radius 1 is 1.32 bits per heavy atom. The van der Waals surface area contributed by atoms with E-state index in [1.165, 1.54) is 0 Å². The van der Waals surface area contributed by atoms with E-state index in [2.05, 4.69) is 43.8 Å². The van der Waals surface area contributed by atoms with Crippen molar-refractivity contribution in [1.82, 2.24) is 9.80 Å². The van der Waals surface area contributed by atoms with Crippen LogP contribution in [0, 0.1) is 5.92 Å². The van der Waals surface area contributed by atoms with Crippen molar-refractivity contribution in [2.75, 3.05) is 27.2 Å². The van der Waals surface area contributed by atoms with Crippen molar-refractivity contribution in [3.05, 3.63) is 29.8 Å². The molecule has 3 heteroatoms. The summed E-state index contributed by atoms with van der Waals surface area (Å²) in [5, 5.41) is 10.1. The zero-order chi connectivity index (χ0) is 14.0. The van der Waals surface area contributed by atoms with Gasteiger partial charge in [-0.15, -0.1) is 0 Å². The summed E-state index contributed by atoms with van der Waals surface area (Å²) in [4.78, 5) is 4.84. The molecule has 1 fully saturated rings. The van der Waals surface area contributed by atoms with Crippen molar-refractivity contribution in [2.24, 2.45) is 5.92 Å². The zero-order valence-corrected chi connectivity index (χ0v) is 12.5. The van der Waals surface area contributed by atoms with Gasteiger partial charge in [-0.3, -0.25) is 4.90 Å². The van der Waals surface area contributed by atoms with E-state index in [1.54, 1.807) is 6.07 Å². The number of nitrogens with zero attached hydrogens (tertiary/aromatic N) is 2. The lowest BCUT2D eigenvalue weighted by Crippen LogP contribution is -2.35. The van der Waals surface area contributed by atoms with Gasteiger partial charge in [0.05, 0.1) is 0 Å². The van der Waals surface area contributed by atoms with Gasteiger partial charge in [0.1, 0.15) is 5.75 Å². The third-order valence-electron chi connectivity index (χ3n) is 4.39. The van der Waals surface area contributed by atoms with Gasteiger partial charge in [0.15, 0.2) is 0 Å². The van der Waals surface area contributed by atoms with Crippen LogP contribution in [0.25, 0.3) is 0 Å². The van der Waals surface area contributed by atoms with E-state index in [1.807, 2.05) is 12.1 Å². The fraction of sp³-hybridized carbons (Fsp3) is 0.625. The molecule has 0 bridgehead atoms. The van der Waals surface area contributed by atoms with Crippen molar-refractivity contribution in [1.29, 1.82) is 0 Å². The Kier molecular flexibility index (Phi) is 4.48. The number of likely N-dealkylation sites (tertiary alicyclic amines) is 1. The van der Waals surface area contributed by atoms with Crippen molar-refractivity contribution in [3.63, 3.8) is 0 Å². The van der Waals surface area contributed by atoms with E-state index in [-0.39, 0.29) is 0 Å². The van der Waals surface area contributed by atoms with Crippen LogP contribution in [0.5, 0.6) is 5.75 Å². The van der Waals surface area contributed by atoms with Crippen LogP contribution in [0.1, 0.15) is 31.9 Å². The van der Waals surface area contributed by atoms with Crippen LogP contribution >= 0.6 is 0 Å². The minimum absolute atomic E-state index is 0.327. The standard InChI is InChI=1S/C16H26N2O/c1-5-14(13-8-6-7-9-16(13)19)18-10-12(2)15(11-18)17(3)4/h6-9,12,14-15,19H,5,10-11H2,1-4H3. The summed E-state index contributed by atoms with van der Waals surface area (Å²) >= 11 is 0. The molecule has 106 valence electrons. The van der Waals surface area contributed by atoms with Crippen molar-refractivity contribution < 1.29 is 5.11 Å². The highest BCUT2D eigenvalue weighted by Gasteiger charge is 2.35. The minimum Gasteiger partial charge on any atom is -0.508 e. The first-order valence-electron chi connectivity index (χ1n) is 7.23. The number of rotatable bonds is 4. The molecule has 0 aromatic heterocycles. The van der Waals surface area contributed by atoms with E-state index in [9.17, 15) is 5.11 Å². The number of phenols is 1. The maximum Gasteiger partial charge on any atom is 0.120 e. The Hall–Kier alpha value is -1.06. The molecule has 3 unspecified atom stereocenters. The fourth-order valence-corrected chi connectivity index (χ4v) is 3.36. The van der Waals surface area contributed by atoms with Crippen LogP contribution in [-0.2, 0) is 0 Å². The summed E-state index contributed by atoms with van der Waals surface area (Å²) in [5.74, 6) is 1.10. The molecule has 0 spiro atoms. The third-order valence-corrected chi connectivity index (χ3v) is 4.39. The lowest BCUT2D eigenvalue weighted by molar-refractivity contribution is 0.208. The molecule has 2 rings (SSSR count). The second-order valence-corrected chi connectivity index (χ2v) is 5.95. The molecule has 0 radical (unpaired) electrons. The quantitative estimate of drug-likeness (QED) is 0.904. The number of likely N-dealkylation sites (N-methyl/N-ethyl adjacent to an activating group) is 1. The molecule has 1 aliphatic rings. The van der Waals surface area contributed by atoms with Gasteiger partial charge in [-0.2, -0.15) is 0 Å². The molecule has 0 saturated carbocycles. The normalized spacial score (nSPS) is 25.9. The minimum atomic E-state index is 0.327. The summed E-state index contributed by atoms with van der Waals surface area (Å²) in [6.07, 6.45) is 1.03. The third kappa shape index (κ3) is 2.93. The number of hydrogen-bond acceptors (Lipinski definition) is 3. The second-order valence-electron chi connectivity index (χ2n) is 5.95. The van der Waals surface area contributed by atoms with Crippen molar-refractivity contribution >= 4 is 0 Å². The van der Waals surface area contributed by atoms with Crippen molar-refractivity contribution in [2.45, 2.75) is 32.4 Å². The van der Waals surface area contributed by atoms with Gasteiger partial charge >= 0.3 is 0 Å². The molecule has 1 aromatic carbocycles. The van der Waals surface area contributed by atoms with E-state index < -0.39 is 0 Å². The second kappa shape index (κ2) is 5.93. The smallest absolute Gasteiger partial charge is 0.120 e. The van der Waals surface area contributed by atoms with Gasteiger partial charge in [0, 0.05) is 30.7 Å². The number of phenolic OH excluding ortho intramolecular Hbond substituents is 1. The number of para-hydroxylation sites is 1. The Morgan fingerprint density at radius 3 is 2.53 bits per heavy atom. The lowest BCUT2D eigenvalue weighted by atomic mass is 10.0. The predicted octanol–water partition coefficient (Wildman–Crippen LogP) is 2.73. The largest absolute Gasteiger partial charge is 0.508 e. The summed E-state index contributed by atoms with van der Waals surface area (Å²) < 4.78 is 0. The van der Waals surface area contributed by atoms with Crippen LogP contribution < -0.4 is 0 Å². The molecule has 1 heterocycles. The summed E-state index contributed by atoms with van der Waals surface area (Å²) in [6, 6.07) is 8.69. The SMILES string of the molecule is CCC(c1ccccc1O)N1CC(C)C(N(C)C)C1. The highest BCUT2D eigenvalue weighted by Crippen LogP contribution is 2.35. The van der Waals surface area contributed by atoms with E-state index in [0.717, 1.165) is 25.1 Å². The monoisotopic (exact) mass is 262 g/mol. The maximum atomic E-state index is 10.1. The van der Waals surface area contributed by atoms with Crippen LogP contribution in [0.4, 0.5) is 0 Å². The van der Waals surface area contributed by atoms with E-state index in [0.29, 0.717) is 23.8 Å². The first kappa shape index (κ1) is 14.4. The topological polar surface area (TPSA) is 26.7 Å². The lowest BCUT2D eigenvalue weighted by Gasteiger charge is -2.28. The van der Waals surface area contributed by atoms with Crippen molar-refractivity contribution in [3.8, 4) is 5.75 Å². The molecule has 3 atom stereocenters. The Labute approximate surface area is 116 Å². The van der Waals surface area contributed by atoms with Crippen LogP contribution in [0.15, 0.2) is 24.3 Å². The van der Waals surface area contributed by atoms with Crippen LogP contribution in [-0.4, -0.2) is 48.1 Å². The molecular weight excluding hydrogens is 236 g/mol. The highest BCUT2D eigenvalue weighted by atomic mass is 16.3. The molecule has 1 aliphatic heterocycles. The summed E-state index contributed by atoms with van der Waals surface area (Å²) in [6.45, 7) is 6.71. The van der Waals surface area contributed by atoms with Gasteiger partial charge in [-0.1, -0.05) is 32.0 Å². The predicted molar refractivity (Wildman–Crippen MR) is 79.4 cm³/mol. The highest BCUT2D eigenvalue weighted by molar-refractivity contribution is 5.34. The Bertz CT molecular complexity index is 419. The van der Waals surface area contributed by atoms with Crippen LogP contribution in [0.2, 0.25) is 0 Å². The maximum absolute atomic E-state index is 10.1. The molecule has 1 saturated heterocycles. The molecule has 1 aromatic rings. The summed E-state index contributed by atoms with van der Waals surface area (Å²) in [5.41, 5.74) is 1.07. The average molecular weight is 262 g/mol.